The largest absolute Gasteiger partial charge is 0.493 e. The summed E-state index contributed by atoms with van der Waals surface area (Å²) in [7, 11) is 1.63. The number of rotatable bonds is 2. The van der Waals surface area contributed by atoms with E-state index in [4.69, 9.17) is 14.2 Å². The van der Waals surface area contributed by atoms with E-state index in [0.29, 0.717) is 25.4 Å². The van der Waals surface area contributed by atoms with Crippen molar-refractivity contribution in [2.75, 3.05) is 20.3 Å². The highest BCUT2D eigenvalue weighted by molar-refractivity contribution is 5.34. The summed E-state index contributed by atoms with van der Waals surface area (Å²) in [6.45, 7) is 0.894. The maximum atomic E-state index is 10.4. The van der Waals surface area contributed by atoms with Crippen molar-refractivity contribution in [2.24, 2.45) is 5.92 Å². The van der Waals surface area contributed by atoms with Crippen molar-refractivity contribution in [2.45, 2.75) is 18.4 Å². The molecular formula is C13H16O4. The second-order valence-corrected chi connectivity index (χ2v) is 4.64. The van der Waals surface area contributed by atoms with Gasteiger partial charge in [0.2, 0.25) is 0 Å². The van der Waals surface area contributed by atoms with E-state index >= 15 is 0 Å². The fourth-order valence-corrected chi connectivity index (χ4v) is 2.47. The lowest BCUT2D eigenvalue weighted by Crippen LogP contribution is -2.31. The van der Waals surface area contributed by atoms with Crippen molar-refractivity contribution < 1.29 is 19.3 Å². The average molecular weight is 236 g/mol. The standard InChI is InChI=1S/C13H16O4/c1-15-10-4-2-3-9-7-11(17-12(9)10)13(14)5-6-16-8-13/h2,4,7,9,14H,3,5-6,8H2,1H3. The van der Waals surface area contributed by atoms with Crippen molar-refractivity contribution >= 4 is 0 Å². The lowest BCUT2D eigenvalue weighted by atomic mass is 9.95. The van der Waals surface area contributed by atoms with Gasteiger partial charge >= 0.3 is 0 Å². The molecular weight excluding hydrogens is 220 g/mol. The van der Waals surface area contributed by atoms with E-state index in [0.717, 1.165) is 17.9 Å². The topological polar surface area (TPSA) is 47.9 Å². The molecule has 1 N–H and O–H groups in total. The van der Waals surface area contributed by atoms with Gasteiger partial charge in [0.25, 0.3) is 0 Å². The zero-order chi connectivity index (χ0) is 11.9. The van der Waals surface area contributed by atoms with Crippen LogP contribution in [0, 0.1) is 5.92 Å². The number of methoxy groups -OCH3 is 1. The summed E-state index contributed by atoms with van der Waals surface area (Å²) in [5.41, 5.74) is -0.955. The van der Waals surface area contributed by atoms with Crippen molar-refractivity contribution in [1.82, 2.24) is 0 Å². The van der Waals surface area contributed by atoms with Gasteiger partial charge in [0.1, 0.15) is 11.4 Å². The summed E-state index contributed by atoms with van der Waals surface area (Å²) in [6.07, 6.45) is 7.45. The molecule has 17 heavy (non-hydrogen) atoms. The van der Waals surface area contributed by atoms with E-state index < -0.39 is 5.60 Å². The van der Waals surface area contributed by atoms with Crippen LogP contribution < -0.4 is 0 Å². The molecule has 4 heteroatoms. The van der Waals surface area contributed by atoms with Crippen LogP contribution in [0.25, 0.3) is 0 Å². The lowest BCUT2D eigenvalue weighted by molar-refractivity contribution is 0.0178. The summed E-state index contributed by atoms with van der Waals surface area (Å²) in [4.78, 5) is 0. The Balaban J connectivity index is 1.88. The molecule has 3 aliphatic rings. The predicted molar refractivity (Wildman–Crippen MR) is 60.8 cm³/mol. The fourth-order valence-electron chi connectivity index (χ4n) is 2.47. The average Bonchev–Trinajstić information content (AvgIpc) is 2.95. The van der Waals surface area contributed by atoms with Crippen LogP contribution in [-0.4, -0.2) is 31.0 Å². The molecule has 1 saturated heterocycles. The minimum atomic E-state index is -0.955. The van der Waals surface area contributed by atoms with Gasteiger partial charge in [0.15, 0.2) is 11.5 Å². The van der Waals surface area contributed by atoms with E-state index in [1.165, 1.54) is 0 Å². The summed E-state index contributed by atoms with van der Waals surface area (Å²) in [6, 6.07) is 0. The first kappa shape index (κ1) is 10.9. The second-order valence-electron chi connectivity index (χ2n) is 4.64. The van der Waals surface area contributed by atoms with Crippen LogP contribution in [0.2, 0.25) is 0 Å². The highest BCUT2D eigenvalue weighted by atomic mass is 16.5. The third kappa shape index (κ3) is 1.68. The number of hydrogen-bond acceptors (Lipinski definition) is 4. The summed E-state index contributed by atoms with van der Waals surface area (Å²) < 4.78 is 16.3. The van der Waals surface area contributed by atoms with Gasteiger partial charge in [-0.1, -0.05) is 6.08 Å². The van der Waals surface area contributed by atoms with Gasteiger partial charge < -0.3 is 19.3 Å². The first-order chi connectivity index (χ1) is 8.23. The summed E-state index contributed by atoms with van der Waals surface area (Å²) in [5.74, 6) is 2.36. The Morgan fingerprint density at radius 1 is 1.53 bits per heavy atom. The van der Waals surface area contributed by atoms with Crippen LogP contribution in [0.5, 0.6) is 0 Å². The zero-order valence-corrected chi connectivity index (χ0v) is 9.81. The van der Waals surface area contributed by atoms with E-state index in [9.17, 15) is 5.11 Å². The van der Waals surface area contributed by atoms with Crippen molar-refractivity contribution in [3.05, 3.63) is 35.5 Å². The van der Waals surface area contributed by atoms with Crippen LogP contribution in [-0.2, 0) is 14.2 Å². The van der Waals surface area contributed by atoms with Crippen molar-refractivity contribution in [1.29, 1.82) is 0 Å². The Kier molecular flexibility index (Phi) is 2.49. The SMILES string of the molecule is COC1=C2OC(C3(O)CCOC3)=CC2CC=C1. The number of hydrogen-bond donors (Lipinski definition) is 1. The van der Waals surface area contributed by atoms with Gasteiger partial charge in [-0.2, -0.15) is 0 Å². The minimum Gasteiger partial charge on any atom is -0.493 e. The van der Waals surface area contributed by atoms with Crippen LogP contribution in [0.3, 0.4) is 0 Å². The van der Waals surface area contributed by atoms with Gasteiger partial charge in [-0.25, -0.2) is 0 Å². The summed E-state index contributed by atoms with van der Waals surface area (Å²) >= 11 is 0. The second kappa shape index (κ2) is 3.89. The van der Waals surface area contributed by atoms with E-state index in [1.54, 1.807) is 7.11 Å². The van der Waals surface area contributed by atoms with Crippen LogP contribution in [0.1, 0.15) is 12.8 Å². The van der Waals surface area contributed by atoms with Gasteiger partial charge in [-0.05, 0) is 18.6 Å². The molecule has 0 aromatic heterocycles. The maximum Gasteiger partial charge on any atom is 0.157 e. The molecule has 0 amide bonds. The van der Waals surface area contributed by atoms with Gasteiger partial charge in [-0.15, -0.1) is 0 Å². The quantitative estimate of drug-likeness (QED) is 0.789. The van der Waals surface area contributed by atoms with E-state index in [-0.39, 0.29) is 5.92 Å². The third-order valence-electron chi connectivity index (χ3n) is 3.49. The van der Waals surface area contributed by atoms with E-state index in [1.807, 2.05) is 12.2 Å². The zero-order valence-electron chi connectivity index (χ0n) is 9.81. The van der Waals surface area contributed by atoms with Crippen LogP contribution >= 0.6 is 0 Å². The Labute approximate surface area is 100 Å². The Hall–Kier alpha value is -1.26. The molecule has 0 saturated carbocycles. The highest BCUT2D eigenvalue weighted by Gasteiger charge is 2.43. The first-order valence-corrected chi connectivity index (χ1v) is 5.88. The minimum absolute atomic E-state index is 0.189. The van der Waals surface area contributed by atoms with Crippen molar-refractivity contribution in [3.63, 3.8) is 0 Å². The van der Waals surface area contributed by atoms with E-state index in [2.05, 4.69) is 6.08 Å². The maximum absolute atomic E-state index is 10.4. The Morgan fingerprint density at radius 3 is 3.12 bits per heavy atom. The lowest BCUT2D eigenvalue weighted by Gasteiger charge is -2.22. The van der Waals surface area contributed by atoms with Gasteiger partial charge in [-0.3, -0.25) is 0 Å². The Morgan fingerprint density at radius 2 is 2.41 bits per heavy atom. The molecule has 92 valence electrons. The molecule has 0 radical (unpaired) electrons. The molecule has 1 fully saturated rings. The van der Waals surface area contributed by atoms with Crippen LogP contribution in [0.4, 0.5) is 0 Å². The molecule has 2 unspecified atom stereocenters. The molecule has 0 aromatic carbocycles. The van der Waals surface area contributed by atoms with Gasteiger partial charge in [0.05, 0.1) is 20.3 Å². The molecule has 0 spiro atoms. The summed E-state index contributed by atoms with van der Waals surface area (Å²) in [5, 5.41) is 10.4. The molecule has 2 atom stereocenters. The smallest absolute Gasteiger partial charge is 0.157 e. The molecule has 1 aliphatic carbocycles. The Bertz CT molecular complexity index is 413. The third-order valence-corrected chi connectivity index (χ3v) is 3.49. The molecule has 4 nitrogen and oxygen atoms in total. The predicted octanol–water partition coefficient (Wildman–Crippen LogP) is 1.49. The first-order valence-electron chi connectivity index (χ1n) is 5.88. The normalized spacial score (nSPS) is 35.6. The molecule has 2 heterocycles. The number of aliphatic hydroxyl groups is 1. The van der Waals surface area contributed by atoms with Crippen molar-refractivity contribution in [3.8, 4) is 0 Å². The number of ether oxygens (including phenoxy) is 3. The molecule has 2 aliphatic heterocycles. The fraction of sp³-hybridized carbons (Fsp3) is 0.538. The number of fused-ring (bicyclic) bond motifs is 1. The molecule has 3 rings (SSSR count). The van der Waals surface area contributed by atoms with Crippen LogP contribution in [0.15, 0.2) is 35.5 Å². The molecule has 0 aromatic rings. The monoisotopic (exact) mass is 236 g/mol. The van der Waals surface area contributed by atoms with Gasteiger partial charge in [0, 0.05) is 12.3 Å². The number of allylic oxidation sites excluding steroid dienone is 3. The highest BCUT2D eigenvalue weighted by Crippen LogP contribution is 2.41. The molecule has 0 bridgehead atoms.